The number of carbonyl (C=O) groups excluding carboxylic acids is 1. The summed E-state index contributed by atoms with van der Waals surface area (Å²) >= 11 is 3.77. The zero-order valence-corrected chi connectivity index (χ0v) is 14.6. The van der Waals surface area contributed by atoms with Crippen molar-refractivity contribution in [3.63, 3.8) is 0 Å². The highest BCUT2D eigenvalue weighted by molar-refractivity contribution is 7.99. The minimum atomic E-state index is 0.0596. The maximum atomic E-state index is 12.9. The minimum absolute atomic E-state index is 0.0596. The lowest BCUT2D eigenvalue weighted by atomic mass is 9.96. The van der Waals surface area contributed by atoms with Gasteiger partial charge in [-0.2, -0.15) is 11.8 Å². The van der Waals surface area contributed by atoms with Gasteiger partial charge in [0.1, 0.15) is 5.76 Å². The van der Waals surface area contributed by atoms with Crippen molar-refractivity contribution in [2.75, 3.05) is 18.8 Å². The van der Waals surface area contributed by atoms with Gasteiger partial charge in [-0.05, 0) is 37.1 Å². The number of hydrogen-bond acceptors (Lipinski definition) is 5. The second-order valence-corrected chi connectivity index (χ2v) is 8.39. The molecule has 1 unspecified atom stereocenters. The van der Waals surface area contributed by atoms with Gasteiger partial charge in [0.2, 0.25) is 0 Å². The molecular formula is C17H20N2O2S2. The highest BCUT2D eigenvalue weighted by Crippen LogP contribution is 2.37. The second kappa shape index (κ2) is 6.69. The topological polar surface area (TPSA) is 46.3 Å². The molecule has 4 nitrogen and oxygen atoms in total. The van der Waals surface area contributed by atoms with Crippen LogP contribution in [0.5, 0.6) is 0 Å². The fourth-order valence-electron chi connectivity index (χ4n) is 3.38. The number of thioether (sulfide) groups is 1. The molecule has 122 valence electrons. The third-order valence-corrected chi connectivity index (χ3v) is 7.09. The third-order valence-electron chi connectivity index (χ3n) is 4.64. The summed E-state index contributed by atoms with van der Waals surface area (Å²) in [6, 6.07) is 4.31. The van der Waals surface area contributed by atoms with E-state index in [-0.39, 0.29) is 5.91 Å². The quantitative estimate of drug-likeness (QED) is 0.825. The van der Waals surface area contributed by atoms with Gasteiger partial charge in [-0.25, -0.2) is 0 Å². The van der Waals surface area contributed by atoms with E-state index in [1.54, 1.807) is 0 Å². The van der Waals surface area contributed by atoms with Crippen molar-refractivity contribution in [3.8, 4) is 0 Å². The van der Waals surface area contributed by atoms with E-state index in [1.807, 2.05) is 28.0 Å². The molecule has 0 N–H and O–H groups in total. The molecule has 0 radical (unpaired) electrons. The monoisotopic (exact) mass is 348 g/mol. The van der Waals surface area contributed by atoms with Crippen LogP contribution in [0.15, 0.2) is 22.0 Å². The van der Waals surface area contributed by atoms with E-state index in [9.17, 15) is 4.79 Å². The Hall–Kier alpha value is -1.27. The molecule has 1 aliphatic heterocycles. The molecule has 0 aromatic carbocycles. The molecule has 0 saturated carbocycles. The Balaban J connectivity index is 1.48. The summed E-state index contributed by atoms with van der Waals surface area (Å²) in [7, 11) is 0. The van der Waals surface area contributed by atoms with E-state index < -0.39 is 0 Å². The second-order valence-electron chi connectivity index (χ2n) is 6.10. The number of aryl methyl sites for hydroxylation is 1. The number of fused-ring (bicyclic) bond motifs is 1. The Bertz CT molecular complexity index is 681. The number of rotatable bonds is 2. The lowest BCUT2D eigenvalue weighted by Crippen LogP contribution is -2.34. The molecule has 4 rings (SSSR count). The Morgan fingerprint density at radius 2 is 2.22 bits per heavy atom. The zero-order valence-electron chi connectivity index (χ0n) is 13.0. The maximum Gasteiger partial charge on any atom is 0.276 e. The van der Waals surface area contributed by atoms with Crippen LogP contribution >= 0.6 is 23.1 Å². The van der Waals surface area contributed by atoms with Crippen LogP contribution in [0.1, 0.15) is 51.2 Å². The number of hydrogen-bond donors (Lipinski definition) is 0. The summed E-state index contributed by atoms with van der Waals surface area (Å²) in [6.07, 6.45) is 5.13. The summed E-state index contributed by atoms with van der Waals surface area (Å²) in [5, 5.41) is 6.74. The molecule has 1 aliphatic carbocycles. The fourth-order valence-corrected chi connectivity index (χ4v) is 5.61. The van der Waals surface area contributed by atoms with Crippen molar-refractivity contribution in [3.05, 3.63) is 39.4 Å². The smallest absolute Gasteiger partial charge is 0.276 e. The summed E-state index contributed by atoms with van der Waals surface area (Å²) < 4.78 is 5.41. The van der Waals surface area contributed by atoms with Crippen LogP contribution in [0.4, 0.5) is 0 Å². The molecule has 2 aromatic rings. The third kappa shape index (κ3) is 3.06. The predicted octanol–water partition coefficient (Wildman–Crippen LogP) is 3.94. The Morgan fingerprint density at radius 3 is 3.09 bits per heavy atom. The highest BCUT2D eigenvalue weighted by atomic mass is 32.2. The van der Waals surface area contributed by atoms with E-state index >= 15 is 0 Å². The SMILES string of the molecule is O=C(c1noc2c1CCCC2)N1CCSC(c2cccs2)CC1. The van der Waals surface area contributed by atoms with Gasteiger partial charge in [-0.15, -0.1) is 11.3 Å². The lowest BCUT2D eigenvalue weighted by Gasteiger charge is -2.20. The van der Waals surface area contributed by atoms with Gasteiger partial charge < -0.3 is 9.42 Å². The van der Waals surface area contributed by atoms with Gasteiger partial charge in [0, 0.05) is 41.0 Å². The van der Waals surface area contributed by atoms with Crippen LogP contribution in [-0.2, 0) is 12.8 Å². The molecule has 1 amide bonds. The standard InChI is InChI=1S/C17H20N2O2S2/c20-17(16-12-4-1-2-5-13(12)21-18-16)19-8-7-15(23-11-9-19)14-6-3-10-22-14/h3,6,10,15H,1-2,4-5,7-9,11H2. The number of thiophene rings is 1. The first-order valence-electron chi connectivity index (χ1n) is 8.24. The van der Waals surface area contributed by atoms with Crippen molar-refractivity contribution in [1.29, 1.82) is 0 Å². The van der Waals surface area contributed by atoms with Crippen LogP contribution in [0.2, 0.25) is 0 Å². The molecule has 2 aromatic heterocycles. The molecule has 1 fully saturated rings. The average molecular weight is 348 g/mol. The Morgan fingerprint density at radius 1 is 1.30 bits per heavy atom. The first-order valence-corrected chi connectivity index (χ1v) is 10.2. The van der Waals surface area contributed by atoms with Crippen LogP contribution in [0, 0.1) is 0 Å². The molecule has 0 spiro atoms. The number of nitrogens with zero attached hydrogens (tertiary/aromatic N) is 2. The van der Waals surface area contributed by atoms with Gasteiger partial charge >= 0.3 is 0 Å². The summed E-state index contributed by atoms with van der Waals surface area (Å²) in [5.41, 5.74) is 1.63. The molecule has 1 atom stereocenters. The number of carbonyl (C=O) groups is 1. The first kappa shape index (κ1) is 15.3. The highest BCUT2D eigenvalue weighted by Gasteiger charge is 2.29. The summed E-state index contributed by atoms with van der Waals surface area (Å²) in [5.74, 6) is 1.97. The van der Waals surface area contributed by atoms with Crippen LogP contribution in [-0.4, -0.2) is 34.8 Å². The van der Waals surface area contributed by atoms with Gasteiger partial charge in [-0.3, -0.25) is 4.79 Å². The molecule has 6 heteroatoms. The van der Waals surface area contributed by atoms with E-state index in [0.29, 0.717) is 10.9 Å². The molecule has 2 aliphatic rings. The van der Waals surface area contributed by atoms with Gasteiger partial charge in [0.05, 0.1) is 0 Å². The molecular weight excluding hydrogens is 328 g/mol. The van der Waals surface area contributed by atoms with Gasteiger partial charge in [0.15, 0.2) is 5.69 Å². The Labute approximate surface area is 144 Å². The van der Waals surface area contributed by atoms with E-state index in [1.165, 1.54) is 4.88 Å². The largest absolute Gasteiger partial charge is 0.360 e. The summed E-state index contributed by atoms with van der Waals surface area (Å²) in [4.78, 5) is 16.3. The molecule has 0 bridgehead atoms. The average Bonchev–Trinajstić information content (AvgIpc) is 3.19. The zero-order chi connectivity index (χ0) is 15.6. The van der Waals surface area contributed by atoms with Crippen molar-refractivity contribution < 1.29 is 9.32 Å². The van der Waals surface area contributed by atoms with E-state index in [4.69, 9.17) is 4.52 Å². The van der Waals surface area contributed by atoms with Crippen molar-refractivity contribution in [1.82, 2.24) is 10.1 Å². The summed E-state index contributed by atoms with van der Waals surface area (Å²) in [6.45, 7) is 1.60. The van der Waals surface area contributed by atoms with E-state index in [0.717, 1.165) is 62.3 Å². The minimum Gasteiger partial charge on any atom is -0.360 e. The first-order chi connectivity index (χ1) is 11.3. The number of amides is 1. The van der Waals surface area contributed by atoms with Crippen LogP contribution < -0.4 is 0 Å². The van der Waals surface area contributed by atoms with Crippen molar-refractivity contribution in [2.45, 2.75) is 37.4 Å². The van der Waals surface area contributed by atoms with Crippen molar-refractivity contribution >= 4 is 29.0 Å². The fraction of sp³-hybridized carbons (Fsp3) is 0.529. The predicted molar refractivity (Wildman–Crippen MR) is 93.2 cm³/mol. The molecule has 3 heterocycles. The normalized spacial score (nSPS) is 21.7. The van der Waals surface area contributed by atoms with Crippen molar-refractivity contribution in [2.24, 2.45) is 0 Å². The van der Waals surface area contributed by atoms with Gasteiger partial charge in [-0.1, -0.05) is 11.2 Å². The molecule has 23 heavy (non-hydrogen) atoms. The Kier molecular flexibility index (Phi) is 4.44. The number of aromatic nitrogens is 1. The maximum absolute atomic E-state index is 12.9. The van der Waals surface area contributed by atoms with Crippen LogP contribution in [0.25, 0.3) is 0 Å². The molecule has 1 saturated heterocycles. The van der Waals surface area contributed by atoms with E-state index in [2.05, 4.69) is 22.7 Å². The van der Waals surface area contributed by atoms with Gasteiger partial charge in [0.25, 0.3) is 5.91 Å². The lowest BCUT2D eigenvalue weighted by molar-refractivity contribution is 0.0755. The van der Waals surface area contributed by atoms with Crippen LogP contribution in [0.3, 0.4) is 0 Å².